The van der Waals surface area contributed by atoms with E-state index in [4.69, 9.17) is 0 Å². The number of para-hydroxylation sites is 1. The van der Waals surface area contributed by atoms with Crippen LogP contribution in [0, 0.1) is 12.7 Å². The fraction of sp³-hybridized carbons (Fsp3) is 0.0625. The summed E-state index contributed by atoms with van der Waals surface area (Å²) in [6.45, 7) is 1.95. The van der Waals surface area contributed by atoms with Gasteiger partial charge in [0.25, 0.3) is 0 Å². The predicted octanol–water partition coefficient (Wildman–Crippen LogP) is 3.99. The third-order valence-corrected chi connectivity index (χ3v) is 2.97. The van der Waals surface area contributed by atoms with Crippen molar-refractivity contribution in [3.63, 3.8) is 0 Å². The predicted molar refractivity (Wildman–Crippen MR) is 73.7 cm³/mol. The van der Waals surface area contributed by atoms with E-state index in [1.54, 1.807) is 12.1 Å². The van der Waals surface area contributed by atoms with Gasteiger partial charge in [-0.2, -0.15) is 5.10 Å². The van der Waals surface area contributed by atoms with E-state index in [-0.39, 0.29) is 5.82 Å². The Bertz CT molecular complexity index is 685. The van der Waals surface area contributed by atoms with Crippen LogP contribution >= 0.6 is 0 Å². The summed E-state index contributed by atoms with van der Waals surface area (Å²) in [5, 5.41) is 4.50. The zero-order valence-electron chi connectivity index (χ0n) is 10.5. The summed E-state index contributed by atoms with van der Waals surface area (Å²) in [5.74, 6) is -0.230. The Balaban J connectivity index is 2.15. The molecule has 1 aromatic heterocycles. The molecule has 0 aliphatic heterocycles. The Morgan fingerprint density at radius 3 is 2.32 bits per heavy atom. The molecule has 2 aromatic carbocycles. The minimum absolute atomic E-state index is 0.230. The van der Waals surface area contributed by atoms with E-state index in [0.29, 0.717) is 0 Å². The largest absolute Gasteiger partial charge is 0.233 e. The van der Waals surface area contributed by atoms with Crippen molar-refractivity contribution < 1.29 is 4.39 Å². The van der Waals surface area contributed by atoms with Crippen LogP contribution in [0.5, 0.6) is 0 Å². The SMILES string of the molecule is Cc1cc(-c2ccc(F)cc2)n(-c2ccccc2)n1. The first-order chi connectivity index (χ1) is 9.24. The summed E-state index contributed by atoms with van der Waals surface area (Å²) < 4.78 is 14.9. The van der Waals surface area contributed by atoms with Gasteiger partial charge < -0.3 is 0 Å². The molecule has 2 nitrogen and oxygen atoms in total. The summed E-state index contributed by atoms with van der Waals surface area (Å²) in [6, 6.07) is 18.4. The molecule has 19 heavy (non-hydrogen) atoms. The summed E-state index contributed by atoms with van der Waals surface area (Å²) in [7, 11) is 0. The van der Waals surface area contributed by atoms with Gasteiger partial charge in [-0.1, -0.05) is 18.2 Å². The average Bonchev–Trinajstić information content (AvgIpc) is 2.83. The van der Waals surface area contributed by atoms with E-state index in [1.807, 2.05) is 48.0 Å². The lowest BCUT2D eigenvalue weighted by Gasteiger charge is -2.07. The van der Waals surface area contributed by atoms with Crippen molar-refractivity contribution in [1.82, 2.24) is 9.78 Å². The highest BCUT2D eigenvalue weighted by Gasteiger charge is 2.09. The third kappa shape index (κ3) is 2.27. The number of hydrogen-bond acceptors (Lipinski definition) is 1. The van der Waals surface area contributed by atoms with Crippen LogP contribution in [0.2, 0.25) is 0 Å². The second kappa shape index (κ2) is 4.69. The van der Waals surface area contributed by atoms with Gasteiger partial charge in [0.1, 0.15) is 5.82 Å². The van der Waals surface area contributed by atoms with Crippen LogP contribution in [-0.4, -0.2) is 9.78 Å². The lowest BCUT2D eigenvalue weighted by molar-refractivity contribution is 0.628. The van der Waals surface area contributed by atoms with Crippen LogP contribution in [0.15, 0.2) is 60.7 Å². The quantitative estimate of drug-likeness (QED) is 0.674. The molecule has 3 aromatic rings. The molecule has 3 heteroatoms. The summed E-state index contributed by atoms with van der Waals surface area (Å²) in [4.78, 5) is 0. The molecule has 0 saturated carbocycles. The highest BCUT2D eigenvalue weighted by Crippen LogP contribution is 2.23. The molecule has 1 heterocycles. The van der Waals surface area contributed by atoms with Crippen molar-refractivity contribution in [2.24, 2.45) is 0 Å². The molecule has 0 spiro atoms. The van der Waals surface area contributed by atoms with Crippen molar-refractivity contribution >= 4 is 0 Å². The number of halogens is 1. The van der Waals surface area contributed by atoms with Crippen LogP contribution in [0.1, 0.15) is 5.69 Å². The van der Waals surface area contributed by atoms with Crippen molar-refractivity contribution in [1.29, 1.82) is 0 Å². The molecule has 0 atom stereocenters. The molecule has 3 rings (SSSR count). The van der Waals surface area contributed by atoms with E-state index >= 15 is 0 Å². The van der Waals surface area contributed by atoms with Gasteiger partial charge in [-0.3, -0.25) is 0 Å². The highest BCUT2D eigenvalue weighted by atomic mass is 19.1. The molecule has 0 bridgehead atoms. The number of benzene rings is 2. The van der Waals surface area contributed by atoms with Gasteiger partial charge in [-0.15, -0.1) is 0 Å². The van der Waals surface area contributed by atoms with Crippen molar-refractivity contribution in [3.05, 3.63) is 72.2 Å². The maximum absolute atomic E-state index is 13.0. The van der Waals surface area contributed by atoms with E-state index in [1.165, 1.54) is 12.1 Å². The molecular formula is C16H13FN2. The monoisotopic (exact) mass is 252 g/mol. The third-order valence-electron chi connectivity index (χ3n) is 2.97. The minimum atomic E-state index is -0.230. The van der Waals surface area contributed by atoms with Gasteiger partial charge in [0, 0.05) is 5.56 Å². The number of aryl methyl sites for hydroxylation is 1. The molecule has 0 fully saturated rings. The Kier molecular flexibility index (Phi) is 2.88. The first kappa shape index (κ1) is 11.7. The Labute approximate surface area is 111 Å². The van der Waals surface area contributed by atoms with Gasteiger partial charge >= 0.3 is 0 Å². The number of hydrogen-bond donors (Lipinski definition) is 0. The standard InChI is InChI=1S/C16H13FN2/c1-12-11-16(13-7-9-14(17)10-8-13)19(18-12)15-5-3-2-4-6-15/h2-11H,1H3. The van der Waals surface area contributed by atoms with Crippen molar-refractivity contribution in [2.75, 3.05) is 0 Å². The Morgan fingerprint density at radius 2 is 1.63 bits per heavy atom. The Morgan fingerprint density at radius 1 is 0.947 bits per heavy atom. The van der Waals surface area contributed by atoms with Gasteiger partial charge in [0.2, 0.25) is 0 Å². The van der Waals surface area contributed by atoms with Gasteiger partial charge in [-0.25, -0.2) is 9.07 Å². The molecule has 0 N–H and O–H groups in total. The van der Waals surface area contributed by atoms with Crippen LogP contribution in [0.3, 0.4) is 0 Å². The molecule has 0 aliphatic rings. The zero-order valence-corrected chi connectivity index (χ0v) is 10.5. The molecule has 0 amide bonds. The molecule has 94 valence electrons. The second-order valence-corrected chi connectivity index (χ2v) is 4.43. The van der Waals surface area contributed by atoms with Gasteiger partial charge in [0.05, 0.1) is 17.1 Å². The number of rotatable bonds is 2. The highest BCUT2D eigenvalue weighted by molar-refractivity contribution is 5.62. The smallest absolute Gasteiger partial charge is 0.123 e. The van der Waals surface area contributed by atoms with Crippen LogP contribution in [0.4, 0.5) is 4.39 Å². The van der Waals surface area contributed by atoms with Crippen molar-refractivity contribution in [3.8, 4) is 16.9 Å². The topological polar surface area (TPSA) is 17.8 Å². The van der Waals surface area contributed by atoms with E-state index in [2.05, 4.69) is 5.10 Å². The fourth-order valence-electron chi connectivity index (χ4n) is 2.09. The fourth-order valence-corrected chi connectivity index (χ4v) is 2.09. The number of aromatic nitrogens is 2. The maximum atomic E-state index is 13.0. The maximum Gasteiger partial charge on any atom is 0.123 e. The first-order valence-corrected chi connectivity index (χ1v) is 6.12. The zero-order chi connectivity index (χ0) is 13.2. The van der Waals surface area contributed by atoms with E-state index in [9.17, 15) is 4.39 Å². The first-order valence-electron chi connectivity index (χ1n) is 6.12. The van der Waals surface area contributed by atoms with E-state index < -0.39 is 0 Å². The van der Waals surface area contributed by atoms with Crippen LogP contribution in [-0.2, 0) is 0 Å². The molecule has 0 unspecified atom stereocenters. The minimum Gasteiger partial charge on any atom is -0.233 e. The lowest BCUT2D eigenvalue weighted by atomic mass is 10.1. The lowest BCUT2D eigenvalue weighted by Crippen LogP contribution is -1.98. The van der Waals surface area contributed by atoms with E-state index in [0.717, 1.165) is 22.6 Å². The molecule has 0 aliphatic carbocycles. The van der Waals surface area contributed by atoms with Gasteiger partial charge in [-0.05, 0) is 49.4 Å². The summed E-state index contributed by atoms with van der Waals surface area (Å²) >= 11 is 0. The Hall–Kier alpha value is -2.42. The number of nitrogens with zero attached hydrogens (tertiary/aromatic N) is 2. The average molecular weight is 252 g/mol. The second-order valence-electron chi connectivity index (χ2n) is 4.43. The van der Waals surface area contributed by atoms with Gasteiger partial charge in [0.15, 0.2) is 0 Å². The normalized spacial score (nSPS) is 10.6. The molecule has 0 saturated heterocycles. The van der Waals surface area contributed by atoms with Crippen LogP contribution in [0.25, 0.3) is 16.9 Å². The molecule has 0 radical (unpaired) electrons. The molecular weight excluding hydrogens is 239 g/mol. The summed E-state index contributed by atoms with van der Waals surface area (Å²) in [6.07, 6.45) is 0. The van der Waals surface area contributed by atoms with Crippen molar-refractivity contribution in [2.45, 2.75) is 6.92 Å². The summed E-state index contributed by atoms with van der Waals surface area (Å²) in [5.41, 5.74) is 3.84. The van der Waals surface area contributed by atoms with Crippen LogP contribution < -0.4 is 0 Å².